The average molecular weight is 206 g/mol. The molecule has 1 atom stereocenters. The molecule has 84 valence electrons. The van der Waals surface area contributed by atoms with Crippen LogP contribution in [0.5, 0.6) is 5.75 Å². The number of hydrogen-bond acceptors (Lipinski definition) is 1. The second-order valence-corrected chi connectivity index (χ2v) is 4.47. The van der Waals surface area contributed by atoms with Gasteiger partial charge < -0.3 is 4.74 Å². The lowest BCUT2D eigenvalue weighted by Gasteiger charge is -2.16. The number of ether oxygens (including phenoxy) is 1. The van der Waals surface area contributed by atoms with Crippen molar-refractivity contribution in [2.45, 2.75) is 46.0 Å². The average Bonchev–Trinajstić information content (AvgIpc) is 2.27. The lowest BCUT2D eigenvalue weighted by Crippen LogP contribution is -1.98. The lowest BCUT2D eigenvalue weighted by molar-refractivity contribution is 0.405. The zero-order chi connectivity index (χ0) is 11.4. The van der Waals surface area contributed by atoms with Crippen LogP contribution in [0.15, 0.2) is 18.2 Å². The van der Waals surface area contributed by atoms with Crippen LogP contribution < -0.4 is 4.74 Å². The second-order valence-electron chi connectivity index (χ2n) is 4.47. The topological polar surface area (TPSA) is 9.23 Å². The summed E-state index contributed by atoms with van der Waals surface area (Å²) >= 11 is 0. The third-order valence-corrected chi connectivity index (χ3v) is 3.07. The summed E-state index contributed by atoms with van der Waals surface area (Å²) in [5, 5.41) is 0. The van der Waals surface area contributed by atoms with Gasteiger partial charge in [-0.05, 0) is 35.4 Å². The minimum Gasteiger partial charge on any atom is -0.496 e. The van der Waals surface area contributed by atoms with Crippen molar-refractivity contribution < 1.29 is 4.74 Å². The SMILES string of the molecule is CCC(C)c1ccc(C(C)C)cc1OC. The zero-order valence-electron chi connectivity index (χ0n) is 10.5. The molecule has 1 aromatic rings. The van der Waals surface area contributed by atoms with Crippen molar-refractivity contribution in [2.75, 3.05) is 7.11 Å². The van der Waals surface area contributed by atoms with E-state index in [1.165, 1.54) is 11.1 Å². The van der Waals surface area contributed by atoms with Gasteiger partial charge in [-0.1, -0.05) is 39.8 Å². The van der Waals surface area contributed by atoms with Gasteiger partial charge in [0, 0.05) is 0 Å². The molecule has 0 N–H and O–H groups in total. The predicted molar refractivity (Wildman–Crippen MR) is 65.8 cm³/mol. The number of hydrogen-bond donors (Lipinski definition) is 0. The third kappa shape index (κ3) is 2.74. The van der Waals surface area contributed by atoms with Gasteiger partial charge in [0.25, 0.3) is 0 Å². The fraction of sp³-hybridized carbons (Fsp3) is 0.571. The van der Waals surface area contributed by atoms with Crippen LogP contribution in [0.25, 0.3) is 0 Å². The highest BCUT2D eigenvalue weighted by molar-refractivity contribution is 5.40. The molecule has 0 bridgehead atoms. The summed E-state index contributed by atoms with van der Waals surface area (Å²) in [7, 11) is 1.76. The molecule has 15 heavy (non-hydrogen) atoms. The summed E-state index contributed by atoms with van der Waals surface area (Å²) in [5.74, 6) is 2.17. The van der Waals surface area contributed by atoms with Crippen LogP contribution in [0.4, 0.5) is 0 Å². The standard InChI is InChI=1S/C14H22O/c1-6-11(4)13-8-7-12(10(2)3)9-14(13)15-5/h7-11H,6H2,1-5H3. The molecule has 0 radical (unpaired) electrons. The first kappa shape index (κ1) is 12.1. The first-order valence-corrected chi connectivity index (χ1v) is 5.78. The molecule has 0 aliphatic heterocycles. The highest BCUT2D eigenvalue weighted by Gasteiger charge is 2.11. The third-order valence-electron chi connectivity index (χ3n) is 3.07. The van der Waals surface area contributed by atoms with E-state index in [-0.39, 0.29) is 0 Å². The maximum Gasteiger partial charge on any atom is 0.122 e. The van der Waals surface area contributed by atoms with Crippen LogP contribution in [0, 0.1) is 0 Å². The highest BCUT2D eigenvalue weighted by Crippen LogP contribution is 2.31. The molecule has 1 unspecified atom stereocenters. The molecule has 1 rings (SSSR count). The molecule has 0 saturated heterocycles. The second kappa shape index (κ2) is 5.20. The Morgan fingerprint density at radius 2 is 1.87 bits per heavy atom. The van der Waals surface area contributed by atoms with Crippen LogP contribution in [0.3, 0.4) is 0 Å². The van der Waals surface area contributed by atoms with Gasteiger partial charge in [0.1, 0.15) is 5.75 Å². The van der Waals surface area contributed by atoms with Crippen LogP contribution in [0.2, 0.25) is 0 Å². The van der Waals surface area contributed by atoms with E-state index in [4.69, 9.17) is 4.74 Å². The van der Waals surface area contributed by atoms with Crippen LogP contribution in [0.1, 0.15) is 57.1 Å². The van der Waals surface area contributed by atoms with Crippen molar-refractivity contribution >= 4 is 0 Å². The molecule has 1 nitrogen and oxygen atoms in total. The highest BCUT2D eigenvalue weighted by atomic mass is 16.5. The lowest BCUT2D eigenvalue weighted by atomic mass is 9.94. The van der Waals surface area contributed by atoms with Crippen molar-refractivity contribution in [1.82, 2.24) is 0 Å². The normalized spacial score (nSPS) is 12.9. The Morgan fingerprint density at radius 1 is 1.20 bits per heavy atom. The monoisotopic (exact) mass is 206 g/mol. The molecule has 1 heteroatoms. The fourth-order valence-electron chi connectivity index (χ4n) is 1.71. The Kier molecular flexibility index (Phi) is 4.19. The first-order valence-electron chi connectivity index (χ1n) is 5.78. The van der Waals surface area contributed by atoms with Crippen LogP contribution in [-0.4, -0.2) is 7.11 Å². The summed E-state index contributed by atoms with van der Waals surface area (Å²) in [6, 6.07) is 6.60. The maximum atomic E-state index is 5.46. The van der Waals surface area contributed by atoms with E-state index in [0.717, 1.165) is 12.2 Å². The van der Waals surface area contributed by atoms with Gasteiger partial charge in [-0.2, -0.15) is 0 Å². The van der Waals surface area contributed by atoms with Crippen molar-refractivity contribution in [2.24, 2.45) is 0 Å². The molecule has 0 aliphatic rings. The summed E-state index contributed by atoms with van der Waals surface area (Å²) < 4.78 is 5.46. The minimum atomic E-state index is 0.560. The number of benzene rings is 1. The van der Waals surface area contributed by atoms with Crippen molar-refractivity contribution in [3.8, 4) is 5.75 Å². The largest absolute Gasteiger partial charge is 0.496 e. The Morgan fingerprint density at radius 3 is 2.33 bits per heavy atom. The van der Waals surface area contributed by atoms with Crippen LogP contribution in [-0.2, 0) is 0 Å². The van der Waals surface area contributed by atoms with Gasteiger partial charge in [0.15, 0.2) is 0 Å². The van der Waals surface area contributed by atoms with E-state index < -0.39 is 0 Å². The van der Waals surface area contributed by atoms with E-state index >= 15 is 0 Å². The molecule has 0 saturated carbocycles. The van der Waals surface area contributed by atoms with Gasteiger partial charge in [-0.3, -0.25) is 0 Å². The molecule has 0 heterocycles. The Hall–Kier alpha value is -0.980. The maximum absolute atomic E-state index is 5.46. The molecule has 1 aromatic carbocycles. The van der Waals surface area contributed by atoms with Gasteiger partial charge >= 0.3 is 0 Å². The van der Waals surface area contributed by atoms with Gasteiger partial charge in [0.2, 0.25) is 0 Å². The van der Waals surface area contributed by atoms with E-state index in [9.17, 15) is 0 Å². The number of methoxy groups -OCH3 is 1. The Balaban J connectivity index is 3.09. The van der Waals surface area contributed by atoms with Crippen molar-refractivity contribution in [3.05, 3.63) is 29.3 Å². The quantitative estimate of drug-likeness (QED) is 0.712. The van der Waals surface area contributed by atoms with E-state index in [1.54, 1.807) is 7.11 Å². The summed E-state index contributed by atoms with van der Waals surface area (Å²) in [5.41, 5.74) is 2.67. The molecular weight excluding hydrogens is 184 g/mol. The molecule has 0 aliphatic carbocycles. The minimum absolute atomic E-state index is 0.560. The summed E-state index contributed by atoms with van der Waals surface area (Å²) in [4.78, 5) is 0. The van der Waals surface area contributed by atoms with Gasteiger partial charge in [-0.15, -0.1) is 0 Å². The van der Waals surface area contributed by atoms with E-state index in [0.29, 0.717) is 11.8 Å². The molecule has 0 fully saturated rings. The van der Waals surface area contributed by atoms with Gasteiger partial charge in [-0.25, -0.2) is 0 Å². The smallest absolute Gasteiger partial charge is 0.122 e. The van der Waals surface area contributed by atoms with Crippen molar-refractivity contribution in [1.29, 1.82) is 0 Å². The predicted octanol–water partition coefficient (Wildman–Crippen LogP) is 4.33. The Bertz CT molecular complexity index is 315. The molecule has 0 spiro atoms. The first-order chi connectivity index (χ1) is 7.10. The van der Waals surface area contributed by atoms with Crippen molar-refractivity contribution in [3.63, 3.8) is 0 Å². The van der Waals surface area contributed by atoms with Crippen LogP contribution >= 0.6 is 0 Å². The molecular formula is C14H22O. The fourth-order valence-corrected chi connectivity index (χ4v) is 1.71. The Labute approximate surface area is 93.5 Å². The summed E-state index contributed by atoms with van der Waals surface area (Å²) in [6.07, 6.45) is 1.15. The summed E-state index contributed by atoms with van der Waals surface area (Å²) in [6.45, 7) is 8.86. The zero-order valence-corrected chi connectivity index (χ0v) is 10.5. The molecule has 0 amide bonds. The van der Waals surface area contributed by atoms with Gasteiger partial charge in [0.05, 0.1) is 7.11 Å². The van der Waals surface area contributed by atoms with E-state index in [1.807, 2.05) is 0 Å². The van der Waals surface area contributed by atoms with E-state index in [2.05, 4.69) is 45.9 Å². The number of rotatable bonds is 4. The molecule has 0 aromatic heterocycles.